The van der Waals surface area contributed by atoms with Gasteiger partial charge in [0.1, 0.15) is 5.82 Å². The molecule has 82 valence electrons. The summed E-state index contributed by atoms with van der Waals surface area (Å²) in [4.78, 5) is 10.5. The van der Waals surface area contributed by atoms with Crippen molar-refractivity contribution < 1.29 is 14.3 Å². The molecule has 1 aromatic rings. The molecule has 1 rings (SSSR count). The molecule has 0 amide bonds. The molecular weight excluding hydrogens is 197 g/mol. The number of carbonyl (C=O) groups is 1. The molecule has 0 saturated heterocycles. The van der Waals surface area contributed by atoms with Crippen molar-refractivity contribution in [1.29, 1.82) is 0 Å². The molecule has 0 aliphatic heterocycles. The van der Waals surface area contributed by atoms with Gasteiger partial charge in [0, 0.05) is 6.04 Å². The predicted octanol–water partition coefficient (Wildman–Crippen LogP) is 1.92. The van der Waals surface area contributed by atoms with Crippen LogP contribution < -0.4 is 5.73 Å². The number of halogens is 1. The molecule has 0 aliphatic carbocycles. The Morgan fingerprint density at radius 2 is 1.93 bits per heavy atom. The number of nitrogens with two attached hydrogens (primary N) is 1. The minimum atomic E-state index is -0.953. The molecule has 0 spiro atoms. The fourth-order valence-corrected chi connectivity index (χ4v) is 1.80. The quantitative estimate of drug-likeness (QED) is 0.802. The minimum Gasteiger partial charge on any atom is -0.481 e. The molecule has 15 heavy (non-hydrogen) atoms. The van der Waals surface area contributed by atoms with E-state index in [1.165, 1.54) is 12.1 Å². The van der Waals surface area contributed by atoms with Crippen LogP contribution in [-0.2, 0) is 4.79 Å². The van der Waals surface area contributed by atoms with Gasteiger partial charge in [-0.25, -0.2) is 4.39 Å². The van der Waals surface area contributed by atoms with Crippen LogP contribution in [0.5, 0.6) is 0 Å². The second kappa shape index (κ2) is 4.40. The predicted molar refractivity (Wildman–Crippen MR) is 55.1 cm³/mol. The zero-order chi connectivity index (χ0) is 11.6. The molecular formula is C11H14FNO2. The topological polar surface area (TPSA) is 63.3 Å². The molecule has 0 aliphatic rings. The molecule has 0 heterocycles. The van der Waals surface area contributed by atoms with Crippen LogP contribution in [0.15, 0.2) is 12.1 Å². The maximum atomic E-state index is 13.0. The summed E-state index contributed by atoms with van der Waals surface area (Å²) in [7, 11) is 0. The van der Waals surface area contributed by atoms with E-state index in [-0.39, 0.29) is 12.2 Å². The van der Waals surface area contributed by atoms with Gasteiger partial charge in [0.15, 0.2) is 0 Å². The van der Waals surface area contributed by atoms with Gasteiger partial charge in [-0.05, 0) is 42.7 Å². The molecule has 1 aromatic carbocycles. The highest BCUT2D eigenvalue weighted by molar-refractivity contribution is 5.68. The van der Waals surface area contributed by atoms with Crippen molar-refractivity contribution in [3.63, 3.8) is 0 Å². The molecule has 1 unspecified atom stereocenters. The van der Waals surface area contributed by atoms with E-state index in [1.807, 2.05) is 0 Å². The number of rotatable bonds is 3. The van der Waals surface area contributed by atoms with E-state index in [4.69, 9.17) is 10.8 Å². The maximum absolute atomic E-state index is 13.0. The lowest BCUT2D eigenvalue weighted by molar-refractivity contribution is -0.137. The molecule has 0 bridgehead atoms. The van der Waals surface area contributed by atoms with Gasteiger partial charge in [0.25, 0.3) is 0 Å². The average Bonchev–Trinajstić information content (AvgIpc) is 1.99. The number of carboxylic acid groups (broad SMARTS) is 1. The monoisotopic (exact) mass is 211 g/mol. The Morgan fingerprint density at radius 3 is 2.33 bits per heavy atom. The zero-order valence-corrected chi connectivity index (χ0v) is 8.75. The summed E-state index contributed by atoms with van der Waals surface area (Å²) in [6.45, 7) is 3.46. The third kappa shape index (κ3) is 2.76. The number of aryl methyl sites for hydroxylation is 2. The van der Waals surface area contributed by atoms with Gasteiger partial charge in [-0.15, -0.1) is 0 Å². The van der Waals surface area contributed by atoms with Crippen LogP contribution in [-0.4, -0.2) is 11.1 Å². The van der Waals surface area contributed by atoms with E-state index in [0.29, 0.717) is 11.1 Å². The van der Waals surface area contributed by atoms with Crippen LogP contribution in [0.25, 0.3) is 0 Å². The normalized spacial score (nSPS) is 12.5. The van der Waals surface area contributed by atoms with Crippen LogP contribution >= 0.6 is 0 Å². The SMILES string of the molecule is Cc1cc(F)cc(C)c1C(N)CC(=O)O. The molecule has 0 radical (unpaired) electrons. The van der Waals surface area contributed by atoms with Gasteiger partial charge in [-0.2, -0.15) is 0 Å². The summed E-state index contributed by atoms with van der Waals surface area (Å²) in [5.74, 6) is -1.28. The highest BCUT2D eigenvalue weighted by Crippen LogP contribution is 2.23. The number of hydrogen-bond donors (Lipinski definition) is 2. The number of benzene rings is 1. The van der Waals surface area contributed by atoms with E-state index in [0.717, 1.165) is 5.56 Å². The first-order valence-electron chi connectivity index (χ1n) is 4.66. The summed E-state index contributed by atoms with van der Waals surface area (Å²) in [6.07, 6.45) is -0.146. The van der Waals surface area contributed by atoms with Crippen molar-refractivity contribution in [2.75, 3.05) is 0 Å². The standard InChI is InChI=1S/C11H14FNO2/c1-6-3-8(12)4-7(2)11(6)9(13)5-10(14)15/h3-4,9H,5,13H2,1-2H3,(H,14,15). The first-order chi connectivity index (χ1) is 6.91. The largest absolute Gasteiger partial charge is 0.481 e. The van der Waals surface area contributed by atoms with E-state index < -0.39 is 12.0 Å². The van der Waals surface area contributed by atoms with Crippen molar-refractivity contribution in [3.05, 3.63) is 34.6 Å². The van der Waals surface area contributed by atoms with E-state index in [9.17, 15) is 9.18 Å². The molecule has 0 saturated carbocycles. The third-order valence-electron chi connectivity index (χ3n) is 2.32. The number of hydrogen-bond acceptors (Lipinski definition) is 2. The van der Waals surface area contributed by atoms with Crippen LogP contribution in [0, 0.1) is 19.7 Å². The van der Waals surface area contributed by atoms with Gasteiger partial charge < -0.3 is 10.8 Å². The summed E-state index contributed by atoms with van der Waals surface area (Å²) in [5.41, 5.74) is 7.86. The average molecular weight is 211 g/mol. The summed E-state index contributed by atoms with van der Waals surface area (Å²) >= 11 is 0. The summed E-state index contributed by atoms with van der Waals surface area (Å²) in [6, 6.07) is 2.15. The van der Waals surface area contributed by atoms with Gasteiger partial charge in [-0.1, -0.05) is 0 Å². The molecule has 4 heteroatoms. The highest BCUT2D eigenvalue weighted by atomic mass is 19.1. The zero-order valence-electron chi connectivity index (χ0n) is 8.75. The van der Waals surface area contributed by atoms with Gasteiger partial charge in [0.05, 0.1) is 6.42 Å². The number of carboxylic acids is 1. The van der Waals surface area contributed by atoms with E-state index in [1.54, 1.807) is 13.8 Å². The smallest absolute Gasteiger partial charge is 0.305 e. The van der Waals surface area contributed by atoms with Crippen molar-refractivity contribution in [1.82, 2.24) is 0 Å². The minimum absolute atomic E-state index is 0.146. The Balaban J connectivity index is 3.08. The molecule has 0 fully saturated rings. The van der Waals surface area contributed by atoms with Crippen LogP contribution in [0.2, 0.25) is 0 Å². The van der Waals surface area contributed by atoms with Crippen LogP contribution in [0.1, 0.15) is 29.2 Å². The van der Waals surface area contributed by atoms with Gasteiger partial charge in [0.2, 0.25) is 0 Å². The Labute approximate surface area is 87.7 Å². The first-order valence-corrected chi connectivity index (χ1v) is 4.66. The lowest BCUT2D eigenvalue weighted by Crippen LogP contribution is -2.17. The first kappa shape index (κ1) is 11.7. The Hall–Kier alpha value is -1.42. The fraction of sp³-hybridized carbons (Fsp3) is 0.364. The third-order valence-corrected chi connectivity index (χ3v) is 2.32. The number of aliphatic carboxylic acids is 1. The lowest BCUT2D eigenvalue weighted by atomic mass is 9.94. The van der Waals surface area contributed by atoms with Gasteiger partial charge in [-0.3, -0.25) is 4.79 Å². The van der Waals surface area contributed by atoms with E-state index >= 15 is 0 Å². The van der Waals surface area contributed by atoms with E-state index in [2.05, 4.69) is 0 Å². The molecule has 3 nitrogen and oxygen atoms in total. The fourth-order valence-electron chi connectivity index (χ4n) is 1.80. The highest BCUT2D eigenvalue weighted by Gasteiger charge is 2.15. The Bertz CT molecular complexity index is 367. The second-order valence-electron chi connectivity index (χ2n) is 3.66. The van der Waals surface area contributed by atoms with Crippen molar-refractivity contribution in [2.45, 2.75) is 26.3 Å². The molecule has 0 aromatic heterocycles. The maximum Gasteiger partial charge on any atom is 0.305 e. The van der Waals surface area contributed by atoms with Crippen molar-refractivity contribution in [3.8, 4) is 0 Å². The molecule has 3 N–H and O–H groups in total. The molecule has 1 atom stereocenters. The van der Waals surface area contributed by atoms with Crippen LogP contribution in [0.3, 0.4) is 0 Å². The van der Waals surface area contributed by atoms with Crippen LogP contribution in [0.4, 0.5) is 4.39 Å². The summed E-state index contributed by atoms with van der Waals surface area (Å²) in [5, 5.41) is 8.63. The second-order valence-corrected chi connectivity index (χ2v) is 3.66. The van der Waals surface area contributed by atoms with Crippen molar-refractivity contribution >= 4 is 5.97 Å². The summed E-state index contributed by atoms with van der Waals surface area (Å²) < 4.78 is 13.0. The lowest BCUT2D eigenvalue weighted by Gasteiger charge is -2.15. The Kier molecular flexibility index (Phi) is 3.42. The van der Waals surface area contributed by atoms with Gasteiger partial charge >= 0.3 is 5.97 Å². The Morgan fingerprint density at radius 1 is 1.47 bits per heavy atom. The van der Waals surface area contributed by atoms with Crippen molar-refractivity contribution in [2.24, 2.45) is 5.73 Å².